The molecule has 0 saturated heterocycles. The van der Waals surface area contributed by atoms with Gasteiger partial charge in [-0.25, -0.2) is 9.07 Å². The predicted molar refractivity (Wildman–Crippen MR) is 76.6 cm³/mol. The number of rotatable bonds is 4. The molecule has 0 spiro atoms. The van der Waals surface area contributed by atoms with E-state index in [0.717, 1.165) is 11.4 Å². The molecule has 0 unspecified atom stereocenters. The highest BCUT2D eigenvalue weighted by molar-refractivity contribution is 5.38. The molecule has 2 aromatic carbocycles. The van der Waals surface area contributed by atoms with Crippen molar-refractivity contribution in [2.24, 2.45) is 0 Å². The van der Waals surface area contributed by atoms with E-state index in [2.05, 4.69) is 5.10 Å². The van der Waals surface area contributed by atoms with Crippen LogP contribution in [0, 0.1) is 5.82 Å². The lowest BCUT2D eigenvalue weighted by atomic mass is 10.3. The zero-order chi connectivity index (χ0) is 14.7. The molecule has 1 heterocycles. The van der Waals surface area contributed by atoms with E-state index < -0.39 is 5.82 Å². The molecule has 0 amide bonds. The van der Waals surface area contributed by atoms with Gasteiger partial charge in [0.2, 0.25) is 0 Å². The van der Waals surface area contributed by atoms with Crippen LogP contribution in [0.1, 0.15) is 0 Å². The molecule has 0 fully saturated rings. The fourth-order valence-electron chi connectivity index (χ4n) is 1.89. The third-order valence-corrected chi connectivity index (χ3v) is 2.96. The second-order valence-corrected chi connectivity index (χ2v) is 4.35. The second-order valence-electron chi connectivity index (χ2n) is 4.35. The van der Waals surface area contributed by atoms with Crippen molar-refractivity contribution >= 4 is 0 Å². The molecule has 0 radical (unpaired) electrons. The van der Waals surface area contributed by atoms with Crippen molar-refractivity contribution in [2.45, 2.75) is 0 Å². The van der Waals surface area contributed by atoms with Crippen LogP contribution in [-0.4, -0.2) is 16.9 Å². The van der Waals surface area contributed by atoms with Crippen molar-refractivity contribution in [3.8, 4) is 22.9 Å². The highest BCUT2D eigenvalue weighted by Crippen LogP contribution is 2.24. The van der Waals surface area contributed by atoms with E-state index in [1.807, 2.05) is 24.3 Å². The van der Waals surface area contributed by atoms with Crippen LogP contribution in [0.2, 0.25) is 0 Å². The second kappa shape index (κ2) is 5.66. The summed E-state index contributed by atoms with van der Waals surface area (Å²) in [6.07, 6.45) is 3.23. The number of benzene rings is 2. The lowest BCUT2D eigenvalue weighted by molar-refractivity contribution is 0.414. The largest absolute Gasteiger partial charge is 0.497 e. The molecular formula is C16H13FN2O2. The van der Waals surface area contributed by atoms with Crippen LogP contribution in [0.3, 0.4) is 0 Å². The Balaban J connectivity index is 1.81. The SMILES string of the molecule is COc1ccc(-n2cc(Oc3ccccc3F)cn2)cc1. The van der Waals surface area contributed by atoms with E-state index in [1.54, 1.807) is 36.2 Å². The average Bonchev–Trinajstić information content (AvgIpc) is 2.98. The standard InChI is InChI=1S/C16H13FN2O2/c1-20-13-8-6-12(7-9-13)19-11-14(10-18-19)21-16-5-3-2-4-15(16)17/h2-11H,1H3. The minimum atomic E-state index is -0.408. The lowest BCUT2D eigenvalue weighted by Crippen LogP contribution is -1.93. The van der Waals surface area contributed by atoms with Gasteiger partial charge in [0.25, 0.3) is 0 Å². The average molecular weight is 284 g/mol. The minimum Gasteiger partial charge on any atom is -0.497 e. The first-order chi connectivity index (χ1) is 10.3. The topological polar surface area (TPSA) is 36.3 Å². The van der Waals surface area contributed by atoms with E-state index >= 15 is 0 Å². The van der Waals surface area contributed by atoms with Gasteiger partial charge in [-0.3, -0.25) is 0 Å². The van der Waals surface area contributed by atoms with Crippen LogP contribution < -0.4 is 9.47 Å². The summed E-state index contributed by atoms with van der Waals surface area (Å²) < 4.78 is 25.8. The van der Waals surface area contributed by atoms with Crippen LogP contribution in [0.15, 0.2) is 60.9 Å². The summed E-state index contributed by atoms with van der Waals surface area (Å²) in [6, 6.07) is 13.7. The summed E-state index contributed by atoms with van der Waals surface area (Å²) in [6.45, 7) is 0. The Morgan fingerprint density at radius 1 is 1.00 bits per heavy atom. The fraction of sp³-hybridized carbons (Fsp3) is 0.0625. The van der Waals surface area contributed by atoms with Crippen molar-refractivity contribution in [1.29, 1.82) is 0 Å². The molecule has 5 heteroatoms. The van der Waals surface area contributed by atoms with Crippen LogP contribution in [-0.2, 0) is 0 Å². The van der Waals surface area contributed by atoms with E-state index in [4.69, 9.17) is 9.47 Å². The number of aromatic nitrogens is 2. The summed E-state index contributed by atoms with van der Waals surface area (Å²) in [4.78, 5) is 0. The maximum Gasteiger partial charge on any atom is 0.165 e. The number of ether oxygens (including phenoxy) is 2. The van der Waals surface area contributed by atoms with E-state index in [1.165, 1.54) is 12.3 Å². The summed E-state index contributed by atoms with van der Waals surface area (Å²) >= 11 is 0. The molecular weight excluding hydrogens is 271 g/mol. The number of hydrogen-bond acceptors (Lipinski definition) is 3. The Morgan fingerprint density at radius 3 is 2.48 bits per heavy atom. The molecule has 0 bridgehead atoms. The predicted octanol–water partition coefficient (Wildman–Crippen LogP) is 3.81. The molecule has 0 saturated carbocycles. The van der Waals surface area contributed by atoms with Gasteiger partial charge in [-0.2, -0.15) is 5.10 Å². The van der Waals surface area contributed by atoms with Crippen molar-refractivity contribution in [1.82, 2.24) is 9.78 Å². The van der Waals surface area contributed by atoms with Crippen LogP contribution in [0.25, 0.3) is 5.69 Å². The molecule has 21 heavy (non-hydrogen) atoms. The van der Waals surface area contributed by atoms with E-state index in [-0.39, 0.29) is 5.75 Å². The molecule has 0 aliphatic carbocycles. The zero-order valence-corrected chi connectivity index (χ0v) is 11.4. The van der Waals surface area contributed by atoms with Crippen molar-refractivity contribution in [3.05, 3.63) is 66.7 Å². The highest BCUT2D eigenvalue weighted by Gasteiger charge is 2.06. The number of methoxy groups -OCH3 is 1. The van der Waals surface area contributed by atoms with Crippen LogP contribution >= 0.6 is 0 Å². The number of halogens is 1. The third-order valence-electron chi connectivity index (χ3n) is 2.96. The normalized spacial score (nSPS) is 10.4. The summed E-state index contributed by atoms with van der Waals surface area (Å²) in [7, 11) is 1.61. The molecule has 3 rings (SSSR count). The Morgan fingerprint density at radius 2 is 1.76 bits per heavy atom. The van der Waals surface area contributed by atoms with Crippen molar-refractivity contribution < 1.29 is 13.9 Å². The molecule has 106 valence electrons. The van der Waals surface area contributed by atoms with Gasteiger partial charge in [0.15, 0.2) is 17.3 Å². The van der Waals surface area contributed by atoms with Gasteiger partial charge < -0.3 is 9.47 Å². The monoisotopic (exact) mass is 284 g/mol. The van der Waals surface area contributed by atoms with Gasteiger partial charge in [0, 0.05) is 0 Å². The molecule has 1 aromatic heterocycles. The first kappa shape index (κ1) is 13.2. The summed E-state index contributed by atoms with van der Waals surface area (Å²) in [5.41, 5.74) is 0.860. The maximum absolute atomic E-state index is 13.5. The van der Waals surface area contributed by atoms with Crippen LogP contribution in [0.4, 0.5) is 4.39 Å². The Kier molecular flexibility index (Phi) is 3.55. The quantitative estimate of drug-likeness (QED) is 0.731. The van der Waals surface area contributed by atoms with Gasteiger partial charge in [0.1, 0.15) is 5.75 Å². The smallest absolute Gasteiger partial charge is 0.165 e. The molecule has 3 aromatic rings. The third kappa shape index (κ3) is 2.86. The van der Waals surface area contributed by atoms with Crippen molar-refractivity contribution in [2.75, 3.05) is 7.11 Å². The first-order valence-electron chi connectivity index (χ1n) is 6.38. The van der Waals surface area contributed by atoms with Crippen LogP contribution in [0.5, 0.6) is 17.2 Å². The van der Waals surface area contributed by atoms with Gasteiger partial charge in [-0.05, 0) is 36.4 Å². The molecule has 0 aliphatic heterocycles. The summed E-state index contributed by atoms with van der Waals surface area (Å²) in [5.74, 6) is 1.01. The highest BCUT2D eigenvalue weighted by atomic mass is 19.1. The van der Waals surface area contributed by atoms with E-state index in [9.17, 15) is 4.39 Å². The summed E-state index contributed by atoms with van der Waals surface area (Å²) in [5, 5.41) is 4.20. The Labute approximate surface area is 121 Å². The lowest BCUT2D eigenvalue weighted by Gasteiger charge is -2.04. The van der Waals surface area contributed by atoms with Gasteiger partial charge >= 0.3 is 0 Å². The Bertz CT molecular complexity index is 738. The first-order valence-corrected chi connectivity index (χ1v) is 6.38. The molecule has 0 aliphatic rings. The maximum atomic E-state index is 13.5. The number of hydrogen-bond donors (Lipinski definition) is 0. The number of para-hydroxylation sites is 1. The minimum absolute atomic E-state index is 0.173. The van der Waals surface area contributed by atoms with E-state index in [0.29, 0.717) is 5.75 Å². The van der Waals surface area contributed by atoms with Gasteiger partial charge in [0.05, 0.1) is 25.2 Å². The van der Waals surface area contributed by atoms with Gasteiger partial charge in [-0.1, -0.05) is 12.1 Å². The van der Waals surface area contributed by atoms with Gasteiger partial charge in [-0.15, -0.1) is 0 Å². The number of nitrogens with zero attached hydrogens (tertiary/aromatic N) is 2. The molecule has 0 N–H and O–H groups in total. The van der Waals surface area contributed by atoms with Crippen molar-refractivity contribution in [3.63, 3.8) is 0 Å². The molecule has 4 nitrogen and oxygen atoms in total. The zero-order valence-electron chi connectivity index (χ0n) is 11.4. The fourth-order valence-corrected chi connectivity index (χ4v) is 1.89. The molecule has 0 atom stereocenters. The Hall–Kier alpha value is -2.82.